The Morgan fingerprint density at radius 1 is 0.920 bits per heavy atom. The maximum atomic E-state index is 13.5. The van der Waals surface area contributed by atoms with Crippen molar-refractivity contribution in [1.29, 1.82) is 0 Å². The average molecular weight is 340 g/mol. The summed E-state index contributed by atoms with van der Waals surface area (Å²) in [5, 5.41) is 0.836. The van der Waals surface area contributed by atoms with Crippen LogP contribution in [0.1, 0.15) is 0 Å². The van der Waals surface area contributed by atoms with Gasteiger partial charge in [-0.1, -0.05) is 0 Å². The van der Waals surface area contributed by atoms with Gasteiger partial charge in [0.25, 0.3) is 11.1 Å². The number of aryl methyl sites for hydroxylation is 2. The van der Waals surface area contributed by atoms with Gasteiger partial charge in [-0.05, 0) is 24.3 Å². The molecule has 25 heavy (non-hydrogen) atoms. The van der Waals surface area contributed by atoms with Crippen molar-refractivity contribution in [2.45, 2.75) is 0 Å². The highest BCUT2D eigenvalue weighted by Crippen LogP contribution is 2.22. The Labute approximate surface area is 139 Å². The number of nitrogens with zero attached hydrogens (tertiary/aromatic N) is 4. The van der Waals surface area contributed by atoms with Crippen molar-refractivity contribution < 1.29 is 4.39 Å². The summed E-state index contributed by atoms with van der Waals surface area (Å²) in [5.41, 5.74) is -0.626. The predicted molar refractivity (Wildman–Crippen MR) is 92.4 cm³/mol. The summed E-state index contributed by atoms with van der Waals surface area (Å²) >= 11 is 0. The summed E-state index contributed by atoms with van der Waals surface area (Å²) in [5.74, 6) is -0.440. The minimum absolute atomic E-state index is 0.174. The first-order chi connectivity index (χ1) is 11.8. The van der Waals surface area contributed by atoms with Crippen molar-refractivity contribution in [3.8, 4) is 0 Å². The SMILES string of the molecule is Cn1c(=O)c2c3nc4ccc(F)cc4cc3c(=O)n(C)c2n(C)c1=O. The van der Waals surface area contributed by atoms with Gasteiger partial charge in [0, 0.05) is 26.5 Å². The Morgan fingerprint density at radius 3 is 2.36 bits per heavy atom. The van der Waals surface area contributed by atoms with Crippen LogP contribution in [0.4, 0.5) is 4.39 Å². The number of aromatic nitrogens is 4. The summed E-state index contributed by atoms with van der Waals surface area (Å²) < 4.78 is 16.9. The lowest BCUT2D eigenvalue weighted by Crippen LogP contribution is -2.39. The molecule has 0 atom stereocenters. The second kappa shape index (κ2) is 4.85. The zero-order chi connectivity index (χ0) is 18.0. The monoisotopic (exact) mass is 340 g/mol. The van der Waals surface area contributed by atoms with Gasteiger partial charge < -0.3 is 0 Å². The maximum Gasteiger partial charge on any atom is 0.332 e. The third kappa shape index (κ3) is 1.90. The smallest absolute Gasteiger partial charge is 0.296 e. The Hall–Kier alpha value is -3.29. The first kappa shape index (κ1) is 15.3. The van der Waals surface area contributed by atoms with E-state index in [9.17, 15) is 18.8 Å². The predicted octanol–water partition coefficient (Wildman–Crippen LogP) is 0.776. The van der Waals surface area contributed by atoms with Crippen LogP contribution < -0.4 is 16.8 Å². The fraction of sp³-hybridized carbons (Fsp3) is 0.176. The highest BCUT2D eigenvalue weighted by molar-refractivity contribution is 6.05. The third-order valence-electron chi connectivity index (χ3n) is 4.50. The highest BCUT2D eigenvalue weighted by Gasteiger charge is 2.18. The number of hydrogen-bond donors (Lipinski definition) is 0. The fourth-order valence-corrected chi connectivity index (χ4v) is 3.21. The van der Waals surface area contributed by atoms with Crippen molar-refractivity contribution in [1.82, 2.24) is 18.7 Å². The Balaban J connectivity index is 2.43. The molecule has 0 aliphatic carbocycles. The van der Waals surface area contributed by atoms with E-state index in [2.05, 4.69) is 4.98 Å². The zero-order valence-electron chi connectivity index (χ0n) is 13.7. The normalized spacial score (nSPS) is 11.7. The lowest BCUT2D eigenvalue weighted by atomic mass is 10.1. The van der Waals surface area contributed by atoms with Crippen LogP contribution in [0.5, 0.6) is 0 Å². The highest BCUT2D eigenvalue weighted by atomic mass is 19.1. The van der Waals surface area contributed by atoms with Gasteiger partial charge in [-0.2, -0.15) is 0 Å². The first-order valence-corrected chi connectivity index (χ1v) is 7.50. The molecule has 3 aromatic heterocycles. The number of fused-ring (bicyclic) bond motifs is 4. The molecular formula is C17H13FN4O3. The van der Waals surface area contributed by atoms with E-state index in [1.807, 2.05) is 0 Å². The summed E-state index contributed by atoms with van der Waals surface area (Å²) in [6.07, 6.45) is 0. The molecule has 0 aliphatic rings. The van der Waals surface area contributed by atoms with E-state index in [1.165, 1.54) is 54.5 Å². The minimum Gasteiger partial charge on any atom is -0.296 e. The Kier molecular flexibility index (Phi) is 2.96. The van der Waals surface area contributed by atoms with E-state index in [0.29, 0.717) is 10.9 Å². The van der Waals surface area contributed by atoms with Crippen molar-refractivity contribution in [3.05, 3.63) is 61.3 Å². The molecule has 7 nitrogen and oxygen atoms in total. The molecule has 0 spiro atoms. The van der Waals surface area contributed by atoms with E-state index >= 15 is 0 Å². The quantitative estimate of drug-likeness (QED) is 0.350. The molecule has 126 valence electrons. The maximum absolute atomic E-state index is 13.5. The number of benzene rings is 1. The van der Waals surface area contributed by atoms with Crippen LogP contribution in [0, 0.1) is 5.82 Å². The molecule has 0 N–H and O–H groups in total. The molecule has 4 rings (SSSR count). The van der Waals surface area contributed by atoms with Crippen molar-refractivity contribution in [2.75, 3.05) is 0 Å². The van der Waals surface area contributed by atoms with Gasteiger partial charge in [0.2, 0.25) is 0 Å². The average Bonchev–Trinajstić information content (AvgIpc) is 2.59. The summed E-state index contributed by atoms with van der Waals surface area (Å²) in [6.45, 7) is 0. The van der Waals surface area contributed by atoms with Crippen LogP contribution in [0.15, 0.2) is 38.6 Å². The van der Waals surface area contributed by atoms with Crippen LogP contribution in [-0.4, -0.2) is 18.7 Å². The molecule has 0 fully saturated rings. The Bertz CT molecular complexity index is 1400. The second-order valence-electron chi connectivity index (χ2n) is 5.99. The second-order valence-corrected chi connectivity index (χ2v) is 5.99. The molecule has 0 bridgehead atoms. The van der Waals surface area contributed by atoms with Crippen molar-refractivity contribution in [3.63, 3.8) is 0 Å². The lowest BCUT2D eigenvalue weighted by molar-refractivity contribution is 0.629. The topological polar surface area (TPSA) is 78.9 Å². The molecule has 0 amide bonds. The number of hydrogen-bond acceptors (Lipinski definition) is 4. The minimum atomic E-state index is -0.535. The van der Waals surface area contributed by atoms with Crippen LogP contribution >= 0.6 is 0 Å². The molecular weight excluding hydrogens is 327 g/mol. The van der Waals surface area contributed by atoms with E-state index in [-0.39, 0.29) is 21.9 Å². The molecule has 8 heteroatoms. The van der Waals surface area contributed by atoms with Crippen LogP contribution in [0.2, 0.25) is 0 Å². The summed E-state index contributed by atoms with van der Waals surface area (Å²) in [4.78, 5) is 42.1. The van der Waals surface area contributed by atoms with Crippen LogP contribution in [0.25, 0.3) is 32.8 Å². The molecule has 0 saturated carbocycles. The van der Waals surface area contributed by atoms with Gasteiger partial charge in [-0.15, -0.1) is 0 Å². The molecule has 4 aromatic rings. The van der Waals surface area contributed by atoms with E-state index in [0.717, 1.165) is 4.57 Å². The van der Waals surface area contributed by atoms with Crippen LogP contribution in [-0.2, 0) is 21.1 Å². The molecule has 1 aromatic carbocycles. The fourth-order valence-electron chi connectivity index (χ4n) is 3.21. The lowest BCUT2D eigenvalue weighted by Gasteiger charge is -2.13. The van der Waals surface area contributed by atoms with Gasteiger partial charge in [0.1, 0.15) is 16.9 Å². The molecule has 0 aliphatic heterocycles. The summed E-state index contributed by atoms with van der Waals surface area (Å²) in [7, 11) is 4.35. The van der Waals surface area contributed by atoms with E-state index in [4.69, 9.17) is 0 Å². The number of pyridine rings is 2. The van der Waals surface area contributed by atoms with Gasteiger partial charge in [-0.25, -0.2) is 14.2 Å². The van der Waals surface area contributed by atoms with Gasteiger partial charge >= 0.3 is 5.69 Å². The first-order valence-electron chi connectivity index (χ1n) is 7.50. The molecule has 0 saturated heterocycles. The molecule has 3 heterocycles. The third-order valence-corrected chi connectivity index (χ3v) is 4.50. The number of rotatable bonds is 0. The van der Waals surface area contributed by atoms with E-state index < -0.39 is 22.6 Å². The van der Waals surface area contributed by atoms with Crippen LogP contribution in [0.3, 0.4) is 0 Å². The van der Waals surface area contributed by atoms with Gasteiger partial charge in [-0.3, -0.25) is 23.3 Å². The van der Waals surface area contributed by atoms with E-state index in [1.54, 1.807) is 0 Å². The number of halogens is 1. The van der Waals surface area contributed by atoms with Crippen molar-refractivity contribution >= 4 is 32.8 Å². The zero-order valence-corrected chi connectivity index (χ0v) is 13.7. The van der Waals surface area contributed by atoms with Gasteiger partial charge in [0.15, 0.2) is 0 Å². The summed E-state index contributed by atoms with van der Waals surface area (Å²) in [6, 6.07) is 5.55. The van der Waals surface area contributed by atoms with Crippen molar-refractivity contribution in [2.24, 2.45) is 21.1 Å². The largest absolute Gasteiger partial charge is 0.332 e. The standard InChI is InChI=1S/C17H13FN4O3/c1-20-14-12(16(24)22(3)17(25)21(14)2)13-10(15(20)23)7-8-6-9(18)4-5-11(8)19-13/h4-7H,1-3H3. The molecule has 0 radical (unpaired) electrons. The Morgan fingerprint density at radius 2 is 1.64 bits per heavy atom. The van der Waals surface area contributed by atoms with Gasteiger partial charge in [0.05, 0.1) is 16.4 Å². The molecule has 0 unspecified atom stereocenters.